The van der Waals surface area contributed by atoms with Gasteiger partial charge in [0.15, 0.2) is 0 Å². The Hall–Kier alpha value is -2.21. The van der Waals surface area contributed by atoms with Gasteiger partial charge < -0.3 is 8.82 Å². The predicted octanol–water partition coefficient (Wildman–Crippen LogP) is 3.71. The molecule has 1 saturated heterocycles. The number of nitrogens with zero attached hydrogens (tertiary/aromatic N) is 5. The molecule has 0 aromatic carbocycles. The van der Waals surface area contributed by atoms with E-state index in [-0.39, 0.29) is 6.04 Å². The van der Waals surface area contributed by atoms with Crippen molar-refractivity contribution in [2.24, 2.45) is 0 Å². The molecule has 1 aliphatic carbocycles. The van der Waals surface area contributed by atoms with Gasteiger partial charge in [-0.15, -0.1) is 10.2 Å². The number of rotatable bonds is 4. The van der Waals surface area contributed by atoms with Gasteiger partial charge in [0.2, 0.25) is 11.8 Å². The highest BCUT2D eigenvalue weighted by atomic mass is 16.4. The maximum Gasteiger partial charge on any atom is 0.233 e. The van der Waals surface area contributed by atoms with Crippen molar-refractivity contribution in [3.63, 3.8) is 0 Å². The molecule has 0 radical (unpaired) electrons. The number of hydrogen-bond donors (Lipinski definition) is 0. The molecule has 6 nitrogen and oxygen atoms in total. The molecule has 0 N–H and O–H groups in total. The van der Waals surface area contributed by atoms with E-state index in [0.717, 1.165) is 36.9 Å². The van der Waals surface area contributed by atoms with Crippen molar-refractivity contribution in [3.8, 4) is 0 Å². The third kappa shape index (κ3) is 2.74. The number of hydrogen-bond acceptors (Lipinski definition) is 5. The lowest BCUT2D eigenvalue weighted by Gasteiger charge is -2.33. The summed E-state index contributed by atoms with van der Waals surface area (Å²) in [5.74, 6) is 2.15. The lowest BCUT2D eigenvalue weighted by Crippen LogP contribution is -2.33. The lowest BCUT2D eigenvalue weighted by atomic mass is 9.85. The summed E-state index contributed by atoms with van der Waals surface area (Å²) in [5, 5.41) is 8.75. The number of fused-ring (bicyclic) bond motifs is 1. The molecule has 3 aromatic rings. The van der Waals surface area contributed by atoms with Crippen molar-refractivity contribution in [2.75, 3.05) is 6.54 Å². The summed E-state index contributed by atoms with van der Waals surface area (Å²) in [4.78, 5) is 6.87. The number of pyridine rings is 1. The van der Waals surface area contributed by atoms with E-state index in [1.54, 1.807) is 0 Å². The summed E-state index contributed by atoms with van der Waals surface area (Å²) < 4.78 is 8.25. The van der Waals surface area contributed by atoms with E-state index in [4.69, 9.17) is 4.42 Å². The van der Waals surface area contributed by atoms with Crippen LogP contribution in [0.1, 0.15) is 68.0 Å². The Morgan fingerprint density at radius 2 is 1.96 bits per heavy atom. The van der Waals surface area contributed by atoms with Crippen molar-refractivity contribution in [1.82, 2.24) is 24.5 Å². The summed E-state index contributed by atoms with van der Waals surface area (Å²) in [6.07, 6.45) is 11.1. The molecule has 3 aromatic heterocycles. The van der Waals surface area contributed by atoms with Gasteiger partial charge in [-0.3, -0.25) is 4.90 Å². The van der Waals surface area contributed by atoms with Crippen LogP contribution in [0, 0.1) is 0 Å². The Labute approximate surface area is 146 Å². The average Bonchev–Trinajstić information content (AvgIpc) is 3.24. The molecule has 1 saturated carbocycles. The molecule has 0 amide bonds. The van der Waals surface area contributed by atoms with Crippen molar-refractivity contribution in [2.45, 2.75) is 57.0 Å². The second-order valence-corrected chi connectivity index (χ2v) is 7.26. The first-order valence-electron chi connectivity index (χ1n) is 9.37. The van der Waals surface area contributed by atoms with E-state index >= 15 is 0 Å². The van der Waals surface area contributed by atoms with Crippen LogP contribution in [0.4, 0.5) is 0 Å². The van der Waals surface area contributed by atoms with Crippen molar-refractivity contribution >= 4 is 5.65 Å². The van der Waals surface area contributed by atoms with E-state index in [9.17, 15) is 0 Å². The third-order valence-electron chi connectivity index (χ3n) is 5.69. The van der Waals surface area contributed by atoms with Gasteiger partial charge in [-0.2, -0.15) is 0 Å². The van der Waals surface area contributed by atoms with Gasteiger partial charge in [-0.25, -0.2) is 4.98 Å². The maximum atomic E-state index is 6.08. The molecule has 0 bridgehead atoms. The van der Waals surface area contributed by atoms with E-state index in [0.29, 0.717) is 5.92 Å². The quantitative estimate of drug-likeness (QED) is 0.726. The summed E-state index contributed by atoms with van der Waals surface area (Å²) in [6, 6.07) is 6.53. The van der Waals surface area contributed by atoms with Gasteiger partial charge >= 0.3 is 0 Å². The highest BCUT2D eigenvalue weighted by Gasteiger charge is 2.31. The lowest BCUT2D eigenvalue weighted by molar-refractivity contribution is 0.113. The summed E-state index contributed by atoms with van der Waals surface area (Å²) in [6.45, 7) is 1.94. The Morgan fingerprint density at radius 3 is 2.84 bits per heavy atom. The monoisotopic (exact) mass is 337 g/mol. The Bertz CT molecular complexity index is 865. The molecule has 25 heavy (non-hydrogen) atoms. The second kappa shape index (κ2) is 6.26. The van der Waals surface area contributed by atoms with E-state index < -0.39 is 0 Å². The zero-order chi connectivity index (χ0) is 16.6. The van der Waals surface area contributed by atoms with Gasteiger partial charge in [0.1, 0.15) is 5.65 Å². The van der Waals surface area contributed by atoms with Gasteiger partial charge in [0, 0.05) is 30.6 Å². The summed E-state index contributed by atoms with van der Waals surface area (Å²) >= 11 is 0. The minimum absolute atomic E-state index is 0.230. The summed E-state index contributed by atoms with van der Waals surface area (Å²) in [5.41, 5.74) is 2.25. The van der Waals surface area contributed by atoms with E-state index in [2.05, 4.69) is 36.6 Å². The number of piperidine rings is 1. The van der Waals surface area contributed by atoms with Crippen LogP contribution < -0.4 is 0 Å². The highest BCUT2D eigenvalue weighted by molar-refractivity contribution is 5.39. The Morgan fingerprint density at radius 1 is 1.04 bits per heavy atom. The van der Waals surface area contributed by atoms with Crippen LogP contribution in [0.5, 0.6) is 0 Å². The molecule has 2 aliphatic rings. The Balaban J connectivity index is 1.40. The zero-order valence-corrected chi connectivity index (χ0v) is 14.3. The Kier molecular flexibility index (Phi) is 3.77. The number of likely N-dealkylation sites (tertiary alicyclic amines) is 1. The van der Waals surface area contributed by atoms with E-state index in [1.807, 2.05) is 18.5 Å². The second-order valence-electron chi connectivity index (χ2n) is 7.26. The average molecular weight is 337 g/mol. The molecule has 130 valence electrons. The van der Waals surface area contributed by atoms with Gasteiger partial charge in [0.05, 0.1) is 6.04 Å². The molecule has 1 aliphatic heterocycles. The number of aromatic nitrogens is 4. The first-order valence-corrected chi connectivity index (χ1v) is 9.37. The first kappa shape index (κ1) is 15.1. The SMILES string of the molecule is c1cc(CN2CCCCC2c2nnc(C3CCC3)o2)n2ccnc2c1. The van der Waals surface area contributed by atoms with Crippen LogP contribution in [0.15, 0.2) is 35.0 Å². The normalized spacial score (nSPS) is 22.3. The van der Waals surface area contributed by atoms with Gasteiger partial charge in [-0.05, 0) is 44.4 Å². The van der Waals surface area contributed by atoms with Crippen LogP contribution in [-0.2, 0) is 6.54 Å². The topological polar surface area (TPSA) is 59.5 Å². The molecule has 5 rings (SSSR count). The van der Waals surface area contributed by atoms with Crippen molar-refractivity contribution < 1.29 is 4.42 Å². The largest absolute Gasteiger partial charge is 0.423 e. The van der Waals surface area contributed by atoms with E-state index in [1.165, 1.54) is 37.8 Å². The minimum Gasteiger partial charge on any atom is -0.423 e. The minimum atomic E-state index is 0.230. The molecule has 1 unspecified atom stereocenters. The molecule has 6 heteroatoms. The molecule has 4 heterocycles. The molecular formula is C19H23N5O. The van der Waals surface area contributed by atoms with Gasteiger partial charge in [-0.1, -0.05) is 18.9 Å². The van der Waals surface area contributed by atoms with Crippen molar-refractivity contribution in [1.29, 1.82) is 0 Å². The highest BCUT2D eigenvalue weighted by Crippen LogP contribution is 2.38. The van der Waals surface area contributed by atoms with Crippen LogP contribution >= 0.6 is 0 Å². The van der Waals surface area contributed by atoms with Gasteiger partial charge in [0.25, 0.3) is 0 Å². The van der Waals surface area contributed by atoms with Crippen LogP contribution in [0.25, 0.3) is 5.65 Å². The third-order valence-corrected chi connectivity index (χ3v) is 5.69. The number of imidazole rings is 1. The van der Waals surface area contributed by atoms with Crippen molar-refractivity contribution in [3.05, 3.63) is 48.1 Å². The predicted molar refractivity (Wildman–Crippen MR) is 93.1 cm³/mol. The standard InChI is InChI=1S/C19H23N5O/c1-2-11-23(13-15-7-4-9-17-20-10-12-24(15)17)16(8-1)19-22-21-18(25-19)14-5-3-6-14/h4,7,9-10,12,14,16H,1-3,5-6,8,11,13H2. The first-order chi connectivity index (χ1) is 12.4. The maximum absolute atomic E-state index is 6.08. The fraction of sp³-hybridized carbons (Fsp3) is 0.526. The smallest absolute Gasteiger partial charge is 0.233 e. The fourth-order valence-corrected chi connectivity index (χ4v) is 4.00. The molecule has 2 fully saturated rings. The zero-order valence-electron chi connectivity index (χ0n) is 14.3. The molecular weight excluding hydrogens is 314 g/mol. The molecule has 1 atom stereocenters. The van der Waals surface area contributed by atoms with Crippen LogP contribution in [0.3, 0.4) is 0 Å². The van der Waals surface area contributed by atoms with Crippen LogP contribution in [-0.4, -0.2) is 31.0 Å². The summed E-state index contributed by atoms with van der Waals surface area (Å²) in [7, 11) is 0. The van der Waals surface area contributed by atoms with Crippen LogP contribution in [0.2, 0.25) is 0 Å². The molecule has 0 spiro atoms. The fourth-order valence-electron chi connectivity index (χ4n) is 4.00.